The van der Waals surface area contributed by atoms with Crippen LogP contribution in [0.1, 0.15) is 22.9 Å². The first-order valence-electron chi connectivity index (χ1n) is 19.1. The first-order chi connectivity index (χ1) is 28.2. The summed E-state index contributed by atoms with van der Waals surface area (Å²) in [4.78, 5) is 10.1. The molecule has 0 saturated carbocycles. The molecule has 0 spiro atoms. The van der Waals surface area contributed by atoms with Crippen LogP contribution in [0.4, 0.5) is 0 Å². The fourth-order valence-electron chi connectivity index (χ4n) is 8.55. The van der Waals surface area contributed by atoms with E-state index in [-0.39, 0.29) is 6.17 Å². The topological polar surface area (TPSA) is 56.9 Å². The Morgan fingerprint density at radius 3 is 2.12 bits per heavy atom. The second-order valence-corrected chi connectivity index (χ2v) is 15.6. The van der Waals surface area contributed by atoms with E-state index in [1.807, 2.05) is 59.9 Å². The van der Waals surface area contributed by atoms with Crippen molar-refractivity contribution in [3.8, 4) is 16.8 Å². The van der Waals surface area contributed by atoms with Crippen LogP contribution in [0.2, 0.25) is 0 Å². The lowest BCUT2D eigenvalue weighted by Gasteiger charge is -2.32. The monoisotopic (exact) mass is 747 g/mol. The van der Waals surface area contributed by atoms with Crippen LogP contribution >= 0.6 is 11.3 Å². The van der Waals surface area contributed by atoms with Gasteiger partial charge < -0.3 is 19.3 Å². The van der Waals surface area contributed by atoms with Crippen LogP contribution in [0.3, 0.4) is 0 Å². The van der Waals surface area contributed by atoms with Crippen molar-refractivity contribution in [1.82, 2.24) is 4.57 Å². The van der Waals surface area contributed by atoms with Gasteiger partial charge in [0, 0.05) is 53.0 Å². The van der Waals surface area contributed by atoms with Gasteiger partial charge in [0.25, 0.3) is 0 Å². The fraction of sp³-hybridized carbons (Fsp3) is 0.0196. The Morgan fingerprint density at radius 1 is 0.544 bits per heavy atom. The smallest absolute Gasteiger partial charge is 0.143 e. The first kappa shape index (κ1) is 32.0. The number of nitrogens with zero attached hydrogens (tertiary/aromatic N) is 4. The predicted molar refractivity (Wildman–Crippen MR) is 238 cm³/mol. The van der Waals surface area contributed by atoms with Gasteiger partial charge in [0.05, 0.1) is 23.0 Å². The lowest BCUT2D eigenvalue weighted by Crippen LogP contribution is -2.15. The van der Waals surface area contributed by atoms with Crippen LogP contribution in [0, 0.1) is 0 Å². The number of aromatic nitrogens is 1. The zero-order chi connectivity index (χ0) is 37.5. The Hall–Kier alpha value is -7.28. The molecule has 0 aliphatic carbocycles. The molecule has 3 aromatic heterocycles. The van der Waals surface area contributed by atoms with Gasteiger partial charge in [-0.2, -0.15) is 0 Å². The summed E-state index contributed by atoms with van der Waals surface area (Å²) >= 11 is 1.84. The minimum atomic E-state index is -0.380. The molecule has 57 heavy (non-hydrogen) atoms. The minimum Gasteiger partial charge on any atom is -0.455 e. The number of rotatable bonds is 5. The Bertz CT molecular complexity index is 3430. The van der Waals surface area contributed by atoms with Crippen LogP contribution in [-0.2, 0) is 0 Å². The Balaban J connectivity index is 1.03. The molecule has 0 amide bonds. The molecule has 0 fully saturated rings. The van der Waals surface area contributed by atoms with E-state index in [2.05, 4.69) is 138 Å². The number of furan rings is 1. The van der Waals surface area contributed by atoms with Crippen molar-refractivity contribution in [2.75, 3.05) is 0 Å². The van der Waals surface area contributed by atoms with E-state index in [0.717, 1.165) is 61.0 Å². The molecule has 0 saturated heterocycles. The number of hydrogen-bond donors (Lipinski definition) is 0. The molecule has 5 nitrogen and oxygen atoms in total. The summed E-state index contributed by atoms with van der Waals surface area (Å²) in [6, 6.07) is 64.0. The van der Waals surface area contributed by atoms with Crippen molar-refractivity contribution >= 4 is 86.9 Å². The predicted octanol–water partition coefficient (Wildman–Crippen LogP) is 14.0. The Kier molecular flexibility index (Phi) is 7.09. The molecule has 4 heterocycles. The number of benzene rings is 8. The van der Waals surface area contributed by atoms with Gasteiger partial charge in [-0.3, -0.25) is 4.99 Å². The number of amidine groups is 2. The van der Waals surface area contributed by atoms with E-state index >= 15 is 0 Å². The van der Waals surface area contributed by atoms with E-state index in [9.17, 15) is 0 Å². The molecule has 0 radical (unpaired) electrons. The lowest BCUT2D eigenvalue weighted by atomic mass is 10.00. The summed E-state index contributed by atoms with van der Waals surface area (Å²) in [5, 5.41) is 12.2. The molecule has 268 valence electrons. The molecule has 12 rings (SSSR count). The standard InChI is InChI=1S/C51H31N4OS/c1-3-12-31(13-4-1)49-52-50(32-14-5-2-6-15-32)54-51(53-49)33-22-25-35(26-23-33)55-42-20-9-7-16-37(42)39-27-29-45-46(47(39)55)41-30-34(24-28-44(41)57-45)36-18-11-19-40-38-17-8-10-21-43(38)56-48(36)40/h1-30,49H/q-1. The maximum Gasteiger partial charge on any atom is 0.143 e. The zero-order valence-electron chi connectivity index (χ0n) is 30.5. The average Bonchev–Trinajstić information content (AvgIpc) is 3.96. The molecular formula is C51H31N4OS-. The maximum atomic E-state index is 6.49. The van der Waals surface area contributed by atoms with Crippen LogP contribution < -0.4 is 0 Å². The van der Waals surface area contributed by atoms with Gasteiger partial charge in [-0.05, 0) is 64.7 Å². The van der Waals surface area contributed by atoms with Crippen LogP contribution in [-0.4, -0.2) is 16.2 Å². The lowest BCUT2D eigenvalue weighted by molar-refractivity contribution is 0.670. The Morgan fingerprint density at radius 2 is 1.26 bits per heavy atom. The van der Waals surface area contributed by atoms with Gasteiger partial charge in [-0.25, -0.2) is 0 Å². The van der Waals surface area contributed by atoms with Crippen LogP contribution in [0.25, 0.3) is 86.0 Å². The van der Waals surface area contributed by atoms with Crippen molar-refractivity contribution in [2.45, 2.75) is 6.17 Å². The van der Waals surface area contributed by atoms with Crippen molar-refractivity contribution in [3.63, 3.8) is 0 Å². The fourth-order valence-corrected chi connectivity index (χ4v) is 9.63. The van der Waals surface area contributed by atoms with Crippen molar-refractivity contribution < 1.29 is 4.42 Å². The third kappa shape index (κ3) is 5.08. The van der Waals surface area contributed by atoms with Gasteiger partial charge >= 0.3 is 0 Å². The van der Waals surface area contributed by atoms with E-state index in [0.29, 0.717) is 11.7 Å². The minimum absolute atomic E-state index is 0.380. The number of thiophene rings is 1. The van der Waals surface area contributed by atoms with Gasteiger partial charge in [0.2, 0.25) is 0 Å². The second-order valence-electron chi connectivity index (χ2n) is 14.5. The molecule has 1 aliphatic rings. The van der Waals surface area contributed by atoms with Crippen LogP contribution in [0.5, 0.6) is 0 Å². The van der Waals surface area contributed by atoms with E-state index in [4.69, 9.17) is 19.7 Å². The number of fused-ring (bicyclic) bond motifs is 10. The van der Waals surface area contributed by atoms with Gasteiger partial charge in [-0.1, -0.05) is 145 Å². The Labute approximate surface area is 331 Å². The summed E-state index contributed by atoms with van der Waals surface area (Å²) in [6.07, 6.45) is -0.380. The highest BCUT2D eigenvalue weighted by Gasteiger charge is 2.20. The summed E-state index contributed by atoms with van der Waals surface area (Å²) in [5.74, 6) is 1.35. The number of para-hydroxylation sites is 3. The van der Waals surface area contributed by atoms with Gasteiger partial charge in [0.1, 0.15) is 11.2 Å². The second kappa shape index (κ2) is 12.6. The number of hydrogen-bond acceptors (Lipinski definition) is 4. The third-order valence-electron chi connectivity index (χ3n) is 11.2. The third-order valence-corrected chi connectivity index (χ3v) is 12.3. The highest BCUT2D eigenvalue weighted by Crippen LogP contribution is 2.45. The van der Waals surface area contributed by atoms with Gasteiger partial charge in [-0.15, -0.1) is 11.3 Å². The van der Waals surface area contributed by atoms with Crippen molar-refractivity contribution in [1.29, 1.82) is 0 Å². The van der Waals surface area contributed by atoms with Crippen LogP contribution in [0.15, 0.2) is 196 Å². The molecule has 11 aromatic rings. The van der Waals surface area contributed by atoms with Crippen molar-refractivity contribution in [2.24, 2.45) is 9.98 Å². The van der Waals surface area contributed by atoms with Gasteiger partial charge in [0.15, 0.2) is 0 Å². The highest BCUT2D eigenvalue weighted by molar-refractivity contribution is 7.26. The van der Waals surface area contributed by atoms with E-state index in [1.165, 1.54) is 36.5 Å². The molecule has 1 unspecified atom stereocenters. The summed E-state index contributed by atoms with van der Waals surface area (Å²) in [7, 11) is 0. The molecule has 1 aliphatic heterocycles. The molecule has 8 aromatic carbocycles. The molecule has 6 heteroatoms. The number of aliphatic imine (C=N–C) groups is 2. The average molecular weight is 748 g/mol. The summed E-state index contributed by atoms with van der Waals surface area (Å²) in [5.41, 5.74) is 10.5. The maximum absolute atomic E-state index is 6.49. The highest BCUT2D eigenvalue weighted by atomic mass is 32.1. The molecule has 0 bridgehead atoms. The normalized spacial score (nSPS) is 14.5. The zero-order valence-corrected chi connectivity index (χ0v) is 31.3. The summed E-state index contributed by atoms with van der Waals surface area (Å²) < 4.78 is 11.4. The molecular weight excluding hydrogens is 717 g/mol. The molecule has 1 atom stereocenters. The van der Waals surface area contributed by atoms with E-state index < -0.39 is 0 Å². The first-order valence-corrected chi connectivity index (χ1v) is 19.9. The molecule has 0 N–H and O–H groups in total. The largest absolute Gasteiger partial charge is 0.455 e. The van der Waals surface area contributed by atoms with Crippen molar-refractivity contribution in [3.05, 3.63) is 204 Å². The van der Waals surface area contributed by atoms with E-state index in [1.54, 1.807) is 0 Å². The SMILES string of the molecule is c1ccc(C2=NC(c3ccc(-n4c5ccccc5c5ccc6sc7ccc(-c8cccc9c8oc8ccccc89)cc7c6c54)cc3)=NC(c3ccccc3)[N-]2)cc1. The summed E-state index contributed by atoms with van der Waals surface area (Å²) in [6.45, 7) is 0. The quantitative estimate of drug-likeness (QED) is 0.173.